The Morgan fingerprint density at radius 2 is 2.03 bits per heavy atom. The molecule has 2 aromatic rings. The Balaban J connectivity index is 2.04. The lowest BCUT2D eigenvalue weighted by Crippen LogP contribution is -2.33. The molecule has 0 aliphatic carbocycles. The van der Waals surface area contributed by atoms with Gasteiger partial charge in [-0.3, -0.25) is 9.59 Å². The first-order valence-corrected chi connectivity index (χ1v) is 11.5. The molecule has 0 bridgehead atoms. The van der Waals surface area contributed by atoms with E-state index in [0.29, 0.717) is 29.0 Å². The second-order valence-corrected chi connectivity index (χ2v) is 9.40. The minimum absolute atomic E-state index is 0.0670. The van der Waals surface area contributed by atoms with Crippen LogP contribution in [-0.4, -0.2) is 48.9 Å². The number of ether oxygens (including phenoxy) is 1. The second-order valence-electron chi connectivity index (χ2n) is 7.21. The molecule has 0 saturated heterocycles. The minimum atomic E-state index is -3.45. The van der Waals surface area contributed by atoms with Crippen molar-refractivity contribution < 1.29 is 27.9 Å². The quantitative estimate of drug-likeness (QED) is 0.695. The highest BCUT2D eigenvalue weighted by atomic mass is 32.2. The Morgan fingerprint density at radius 3 is 2.67 bits per heavy atom. The van der Waals surface area contributed by atoms with Crippen LogP contribution < -0.4 is 10.1 Å². The highest BCUT2D eigenvalue weighted by Gasteiger charge is 2.36. The van der Waals surface area contributed by atoms with Crippen LogP contribution >= 0.6 is 0 Å². The molecular weight excluding hydrogens is 408 g/mol. The van der Waals surface area contributed by atoms with Crippen LogP contribution in [0.4, 0.5) is 5.69 Å². The molecule has 0 radical (unpaired) electrons. The van der Waals surface area contributed by atoms with Gasteiger partial charge in [0.25, 0.3) is 5.91 Å². The van der Waals surface area contributed by atoms with Crippen molar-refractivity contribution in [1.82, 2.24) is 4.90 Å². The number of benzene rings is 2. The summed E-state index contributed by atoms with van der Waals surface area (Å²) in [6, 6.07) is 8.80. The molecule has 0 aromatic heterocycles. The number of nitrogens with one attached hydrogen (secondary N) is 1. The average molecular weight is 432 g/mol. The predicted molar refractivity (Wildman–Crippen MR) is 112 cm³/mol. The van der Waals surface area contributed by atoms with E-state index < -0.39 is 15.9 Å². The molecule has 160 valence electrons. The number of rotatable bonds is 7. The van der Waals surface area contributed by atoms with Gasteiger partial charge in [-0.1, -0.05) is 12.1 Å². The molecule has 1 aliphatic rings. The van der Waals surface area contributed by atoms with E-state index in [1.54, 1.807) is 37.3 Å². The van der Waals surface area contributed by atoms with Gasteiger partial charge in [0.05, 0.1) is 18.4 Å². The van der Waals surface area contributed by atoms with E-state index in [9.17, 15) is 23.1 Å². The van der Waals surface area contributed by atoms with Crippen LogP contribution in [0.3, 0.4) is 0 Å². The van der Waals surface area contributed by atoms with E-state index in [1.807, 2.05) is 0 Å². The molecule has 9 heteroatoms. The number of nitrogens with zero attached hydrogens (tertiary/aromatic N) is 1. The maximum Gasteiger partial charge on any atom is 0.255 e. The van der Waals surface area contributed by atoms with Crippen LogP contribution in [0.25, 0.3) is 0 Å². The maximum atomic E-state index is 13.2. The van der Waals surface area contributed by atoms with Crippen LogP contribution in [0.2, 0.25) is 0 Å². The van der Waals surface area contributed by atoms with E-state index in [2.05, 4.69) is 5.32 Å². The van der Waals surface area contributed by atoms with E-state index in [1.165, 1.54) is 17.9 Å². The molecule has 1 atom stereocenters. The average Bonchev–Trinajstić information content (AvgIpc) is 2.99. The SMILES string of the molecule is CCOc1cc([C@@H](CS(C)(=O)=O)N2Cc3c(NC(C)=O)cccc3C2=O)ccc1O. The first-order valence-electron chi connectivity index (χ1n) is 9.44. The number of carbonyl (C=O) groups is 2. The fourth-order valence-electron chi connectivity index (χ4n) is 3.57. The Bertz CT molecular complexity index is 1100. The molecule has 8 nitrogen and oxygen atoms in total. The number of aromatic hydroxyl groups is 1. The lowest BCUT2D eigenvalue weighted by Gasteiger charge is -2.28. The highest BCUT2D eigenvalue weighted by molar-refractivity contribution is 7.90. The number of hydrogen-bond acceptors (Lipinski definition) is 6. The first kappa shape index (κ1) is 21.6. The molecular formula is C21H24N2O6S. The Morgan fingerprint density at radius 1 is 1.30 bits per heavy atom. The number of carbonyl (C=O) groups excluding carboxylic acids is 2. The molecule has 2 amide bonds. The van der Waals surface area contributed by atoms with Crippen LogP contribution in [0.1, 0.15) is 41.4 Å². The fraction of sp³-hybridized carbons (Fsp3) is 0.333. The standard InChI is InChI=1S/C21H24N2O6S/c1-4-29-20-10-14(8-9-19(20)25)18(12-30(3,27)28)23-11-16-15(21(23)26)6-5-7-17(16)22-13(2)24/h5-10,18,25H,4,11-12H2,1-3H3,(H,22,24)/t18-/m1/s1. The van der Waals surface area contributed by atoms with E-state index in [0.717, 1.165) is 6.26 Å². The third kappa shape index (κ3) is 4.56. The van der Waals surface area contributed by atoms with Crippen molar-refractivity contribution in [2.24, 2.45) is 0 Å². The predicted octanol–water partition coefficient (Wildman–Crippen LogP) is 2.49. The molecule has 30 heavy (non-hydrogen) atoms. The third-order valence-electron chi connectivity index (χ3n) is 4.81. The molecule has 1 aliphatic heterocycles. The van der Waals surface area contributed by atoms with Gasteiger partial charge in [-0.05, 0) is 36.8 Å². The lowest BCUT2D eigenvalue weighted by atomic mass is 10.1. The van der Waals surface area contributed by atoms with Gasteiger partial charge >= 0.3 is 0 Å². The number of amides is 2. The van der Waals surface area contributed by atoms with Gasteiger partial charge in [0, 0.05) is 36.5 Å². The van der Waals surface area contributed by atoms with Crippen molar-refractivity contribution in [2.75, 3.05) is 23.9 Å². The van der Waals surface area contributed by atoms with Crippen molar-refractivity contribution in [3.05, 3.63) is 53.1 Å². The third-order valence-corrected chi connectivity index (χ3v) is 5.73. The van der Waals surface area contributed by atoms with E-state index >= 15 is 0 Å². The van der Waals surface area contributed by atoms with E-state index in [4.69, 9.17) is 4.74 Å². The monoisotopic (exact) mass is 432 g/mol. The van der Waals surface area contributed by atoms with Crippen LogP contribution in [0.15, 0.2) is 36.4 Å². The number of phenols is 1. The second kappa shape index (κ2) is 8.35. The summed E-state index contributed by atoms with van der Waals surface area (Å²) >= 11 is 0. The molecule has 0 unspecified atom stereocenters. The molecule has 2 aromatic carbocycles. The molecule has 1 heterocycles. The van der Waals surface area contributed by atoms with Crippen LogP contribution in [0, 0.1) is 0 Å². The van der Waals surface area contributed by atoms with Crippen LogP contribution in [-0.2, 0) is 21.2 Å². The van der Waals surface area contributed by atoms with Gasteiger partial charge in [0.1, 0.15) is 9.84 Å². The Labute approximate surface area is 175 Å². The van der Waals surface area contributed by atoms with Crippen molar-refractivity contribution >= 4 is 27.3 Å². The number of phenolic OH excluding ortho intramolecular Hbond substituents is 1. The number of fused-ring (bicyclic) bond motifs is 1. The summed E-state index contributed by atoms with van der Waals surface area (Å²) in [6.45, 7) is 3.62. The molecule has 0 spiro atoms. The van der Waals surface area contributed by atoms with Gasteiger partial charge in [-0.2, -0.15) is 0 Å². The summed E-state index contributed by atoms with van der Waals surface area (Å²) in [6.07, 6.45) is 1.11. The minimum Gasteiger partial charge on any atom is -0.504 e. The highest BCUT2D eigenvalue weighted by Crippen LogP contribution is 2.38. The van der Waals surface area contributed by atoms with Gasteiger partial charge in [0.2, 0.25) is 5.91 Å². The number of hydrogen-bond donors (Lipinski definition) is 2. The van der Waals surface area contributed by atoms with Crippen molar-refractivity contribution in [3.8, 4) is 11.5 Å². The van der Waals surface area contributed by atoms with Gasteiger partial charge < -0.3 is 20.1 Å². The molecule has 3 rings (SSSR count). The molecule has 0 saturated carbocycles. The summed E-state index contributed by atoms with van der Waals surface area (Å²) in [5.41, 5.74) is 2.11. The lowest BCUT2D eigenvalue weighted by molar-refractivity contribution is -0.114. The van der Waals surface area contributed by atoms with E-state index in [-0.39, 0.29) is 35.6 Å². The number of sulfone groups is 1. The Hall–Kier alpha value is -3.07. The van der Waals surface area contributed by atoms with Crippen molar-refractivity contribution in [3.63, 3.8) is 0 Å². The number of anilines is 1. The van der Waals surface area contributed by atoms with Gasteiger partial charge in [-0.15, -0.1) is 0 Å². The summed E-state index contributed by atoms with van der Waals surface area (Å²) < 4.78 is 29.8. The van der Waals surface area contributed by atoms with Crippen molar-refractivity contribution in [2.45, 2.75) is 26.4 Å². The zero-order valence-electron chi connectivity index (χ0n) is 17.0. The fourth-order valence-corrected chi connectivity index (χ4v) is 4.52. The van der Waals surface area contributed by atoms with Gasteiger partial charge in [0.15, 0.2) is 11.5 Å². The zero-order chi connectivity index (χ0) is 22.1. The van der Waals surface area contributed by atoms with Gasteiger partial charge in [-0.25, -0.2) is 8.42 Å². The Kier molecular flexibility index (Phi) is 6.02. The maximum absolute atomic E-state index is 13.2. The molecule has 0 fully saturated rings. The summed E-state index contributed by atoms with van der Waals surface area (Å²) in [4.78, 5) is 26.1. The normalized spacial score (nSPS) is 14.4. The summed E-state index contributed by atoms with van der Waals surface area (Å²) in [5.74, 6) is -0.725. The first-order chi connectivity index (χ1) is 14.1. The zero-order valence-corrected chi connectivity index (χ0v) is 17.8. The van der Waals surface area contributed by atoms with Crippen LogP contribution in [0.5, 0.6) is 11.5 Å². The molecule has 2 N–H and O–H groups in total. The van der Waals surface area contributed by atoms with Crippen molar-refractivity contribution in [1.29, 1.82) is 0 Å². The summed E-state index contributed by atoms with van der Waals surface area (Å²) in [5, 5.41) is 12.7. The smallest absolute Gasteiger partial charge is 0.255 e. The topological polar surface area (TPSA) is 113 Å². The summed E-state index contributed by atoms with van der Waals surface area (Å²) in [7, 11) is -3.45. The largest absolute Gasteiger partial charge is 0.504 e.